The van der Waals surface area contributed by atoms with E-state index in [1.54, 1.807) is 24.3 Å². The molecule has 42 heavy (non-hydrogen) atoms. The van der Waals surface area contributed by atoms with Crippen LogP contribution >= 0.6 is 11.8 Å². The summed E-state index contributed by atoms with van der Waals surface area (Å²) >= 11 is 1.48. The van der Waals surface area contributed by atoms with Gasteiger partial charge in [0.05, 0.1) is 24.2 Å². The number of furan rings is 1. The number of aliphatic carboxylic acids is 1. The van der Waals surface area contributed by atoms with Gasteiger partial charge >= 0.3 is 6.18 Å². The Kier molecular flexibility index (Phi) is 10.1. The summed E-state index contributed by atoms with van der Waals surface area (Å²) in [5.74, 6) is -0.367. The largest absolute Gasteiger partial charge is 0.548 e. The molecule has 1 amide bonds. The lowest BCUT2D eigenvalue weighted by molar-refractivity contribution is -0.308. The van der Waals surface area contributed by atoms with E-state index in [-0.39, 0.29) is 19.6 Å². The van der Waals surface area contributed by atoms with E-state index in [4.69, 9.17) is 9.15 Å². The van der Waals surface area contributed by atoms with Gasteiger partial charge in [0.2, 0.25) is 0 Å². The van der Waals surface area contributed by atoms with Crippen molar-refractivity contribution in [3.05, 3.63) is 107 Å². The van der Waals surface area contributed by atoms with E-state index in [0.717, 1.165) is 28.8 Å². The number of hydrogen-bond acceptors (Lipinski definition) is 6. The minimum atomic E-state index is -4.41. The zero-order valence-electron chi connectivity index (χ0n) is 23.0. The van der Waals surface area contributed by atoms with Gasteiger partial charge in [-0.1, -0.05) is 42.5 Å². The summed E-state index contributed by atoms with van der Waals surface area (Å²) in [4.78, 5) is 24.8. The molecule has 0 bridgehead atoms. The van der Waals surface area contributed by atoms with Gasteiger partial charge in [0.15, 0.2) is 0 Å². The van der Waals surface area contributed by atoms with Crippen LogP contribution < -0.4 is 10.4 Å². The predicted molar refractivity (Wildman–Crippen MR) is 154 cm³/mol. The molecule has 1 atom stereocenters. The number of thioether (sulfide) groups is 1. The molecule has 0 saturated heterocycles. The minimum absolute atomic E-state index is 0.116. The van der Waals surface area contributed by atoms with Crippen LogP contribution in [0.4, 0.5) is 13.2 Å². The number of hydrogen-bond donors (Lipinski definition) is 1. The summed E-state index contributed by atoms with van der Waals surface area (Å²) in [7, 11) is 0. The van der Waals surface area contributed by atoms with Crippen molar-refractivity contribution in [3.8, 4) is 22.5 Å². The van der Waals surface area contributed by atoms with Crippen molar-refractivity contribution in [1.82, 2.24) is 5.32 Å². The Morgan fingerprint density at radius 1 is 0.976 bits per heavy atom. The third kappa shape index (κ3) is 7.83. The molecule has 4 rings (SSSR count). The average Bonchev–Trinajstić information content (AvgIpc) is 3.44. The highest BCUT2D eigenvalue weighted by molar-refractivity contribution is 7.98. The van der Waals surface area contributed by atoms with Crippen LogP contribution in [0.2, 0.25) is 0 Å². The third-order valence-corrected chi connectivity index (χ3v) is 7.28. The highest BCUT2D eigenvalue weighted by Gasteiger charge is 2.30. The molecule has 0 spiro atoms. The van der Waals surface area contributed by atoms with Crippen molar-refractivity contribution in [1.29, 1.82) is 0 Å². The number of aryl methyl sites for hydroxylation is 1. The molecule has 0 saturated carbocycles. The highest BCUT2D eigenvalue weighted by atomic mass is 32.2. The van der Waals surface area contributed by atoms with E-state index in [1.807, 2.05) is 43.5 Å². The zero-order valence-corrected chi connectivity index (χ0v) is 23.8. The van der Waals surface area contributed by atoms with E-state index in [1.165, 1.54) is 23.9 Å². The number of rotatable bonds is 12. The highest BCUT2D eigenvalue weighted by Crippen LogP contribution is 2.32. The number of benzene rings is 3. The van der Waals surface area contributed by atoms with Crippen molar-refractivity contribution < 1.29 is 37.0 Å². The standard InChI is InChI=1S/C32H30F3NO5S/c1-20-5-3-4-6-25(20)27-17-21(7-13-26(27)30(37)36-28(31(38)39)15-16-42-2)18-40-19-24-12-14-29(41-24)22-8-10-23(11-9-22)32(33,34)35/h3-14,17,28H,15-16,18-19H2,1-2H3,(H,36,37)(H,38,39)/p-1/t28-/m0/s1. The van der Waals surface area contributed by atoms with E-state index in [2.05, 4.69) is 5.32 Å². The first kappa shape index (κ1) is 30.9. The Morgan fingerprint density at radius 3 is 2.38 bits per heavy atom. The number of nitrogens with one attached hydrogen (secondary N) is 1. The molecule has 4 aromatic rings. The van der Waals surface area contributed by atoms with Crippen molar-refractivity contribution in [2.75, 3.05) is 12.0 Å². The number of halogens is 3. The molecule has 0 aliphatic rings. The average molecular weight is 597 g/mol. The van der Waals surface area contributed by atoms with Crippen LogP contribution in [-0.4, -0.2) is 29.9 Å². The third-order valence-electron chi connectivity index (χ3n) is 6.64. The summed E-state index contributed by atoms with van der Waals surface area (Å²) < 4.78 is 50.1. The van der Waals surface area contributed by atoms with Crippen molar-refractivity contribution in [3.63, 3.8) is 0 Å². The quantitative estimate of drug-likeness (QED) is 0.208. The molecule has 0 fully saturated rings. The Balaban J connectivity index is 1.48. The van der Waals surface area contributed by atoms with Crippen LogP contribution in [0.5, 0.6) is 0 Å². The first-order valence-corrected chi connectivity index (χ1v) is 14.5. The molecule has 6 nitrogen and oxygen atoms in total. The lowest BCUT2D eigenvalue weighted by Crippen LogP contribution is -2.48. The lowest BCUT2D eigenvalue weighted by Gasteiger charge is -2.21. The van der Waals surface area contributed by atoms with Crippen molar-refractivity contribution in [2.45, 2.75) is 38.8 Å². The van der Waals surface area contributed by atoms with Crippen molar-refractivity contribution >= 4 is 23.6 Å². The van der Waals surface area contributed by atoms with E-state index in [0.29, 0.717) is 34.0 Å². The SMILES string of the molecule is CSCC[C@H](NC(=O)c1ccc(COCc2ccc(-c3ccc(C(F)(F)F)cc3)o2)cc1-c1ccccc1C)C(=O)[O-]. The van der Waals surface area contributed by atoms with Gasteiger partial charge in [-0.3, -0.25) is 4.79 Å². The van der Waals surface area contributed by atoms with Gasteiger partial charge in [-0.15, -0.1) is 0 Å². The molecule has 0 unspecified atom stereocenters. The lowest BCUT2D eigenvalue weighted by atomic mass is 9.93. The van der Waals surface area contributed by atoms with Crippen LogP contribution in [0, 0.1) is 6.92 Å². The second-order valence-corrected chi connectivity index (χ2v) is 10.6. The molecule has 1 heterocycles. The molecule has 1 aromatic heterocycles. The Bertz CT molecular complexity index is 1530. The number of carboxylic acids is 1. The summed E-state index contributed by atoms with van der Waals surface area (Å²) in [5.41, 5.74) is 3.29. The molecule has 220 valence electrons. The van der Waals surface area contributed by atoms with Crippen LogP contribution in [0.3, 0.4) is 0 Å². The van der Waals surface area contributed by atoms with Gasteiger partial charge in [0.25, 0.3) is 5.91 Å². The maximum absolute atomic E-state index is 13.2. The summed E-state index contributed by atoms with van der Waals surface area (Å²) in [6.07, 6.45) is -2.31. The van der Waals surface area contributed by atoms with E-state index < -0.39 is 29.7 Å². The Labute approximate surface area is 245 Å². The number of carbonyl (C=O) groups is 2. The number of amides is 1. The minimum Gasteiger partial charge on any atom is -0.548 e. The molecule has 1 N–H and O–H groups in total. The normalized spacial score (nSPS) is 12.2. The zero-order chi connectivity index (χ0) is 30.3. The van der Waals surface area contributed by atoms with Gasteiger partial charge in [0.1, 0.15) is 18.1 Å². The maximum Gasteiger partial charge on any atom is 0.416 e. The smallest absolute Gasteiger partial charge is 0.416 e. The Morgan fingerprint density at radius 2 is 1.71 bits per heavy atom. The monoisotopic (exact) mass is 596 g/mol. The predicted octanol–water partition coefficient (Wildman–Crippen LogP) is 6.26. The Hall–Kier alpha value is -4.02. The van der Waals surface area contributed by atoms with Crippen LogP contribution in [-0.2, 0) is 28.9 Å². The number of carboxylic acid groups (broad SMARTS) is 1. The van der Waals surface area contributed by atoms with Crippen molar-refractivity contribution in [2.24, 2.45) is 0 Å². The van der Waals surface area contributed by atoms with Crippen LogP contribution in [0.1, 0.15) is 39.2 Å². The molecule has 10 heteroatoms. The molecule has 0 radical (unpaired) electrons. The summed E-state index contributed by atoms with van der Waals surface area (Å²) in [5, 5.41) is 14.2. The fourth-order valence-corrected chi connectivity index (χ4v) is 4.87. The van der Waals surface area contributed by atoms with E-state index >= 15 is 0 Å². The second-order valence-electron chi connectivity index (χ2n) is 9.66. The van der Waals surface area contributed by atoms with Gasteiger partial charge in [0, 0.05) is 11.1 Å². The second kappa shape index (κ2) is 13.8. The number of carbonyl (C=O) groups excluding carboxylic acids is 2. The van der Waals surface area contributed by atoms with Gasteiger partial charge < -0.3 is 24.4 Å². The summed E-state index contributed by atoms with van der Waals surface area (Å²) in [6.45, 7) is 2.23. The topological polar surface area (TPSA) is 91.6 Å². The first-order valence-electron chi connectivity index (χ1n) is 13.1. The number of ether oxygens (including phenoxy) is 1. The number of alkyl halides is 3. The van der Waals surface area contributed by atoms with Gasteiger partial charge in [-0.05, 0) is 84.0 Å². The molecule has 0 aliphatic heterocycles. The molecular formula is C32H29F3NO5S-. The van der Waals surface area contributed by atoms with Crippen LogP contribution in [0.25, 0.3) is 22.5 Å². The fraction of sp³-hybridized carbons (Fsp3) is 0.250. The van der Waals surface area contributed by atoms with E-state index in [9.17, 15) is 27.9 Å². The van der Waals surface area contributed by atoms with Gasteiger partial charge in [-0.2, -0.15) is 24.9 Å². The molecule has 0 aliphatic carbocycles. The molecule has 3 aromatic carbocycles. The summed E-state index contributed by atoms with van der Waals surface area (Å²) in [6, 6.07) is 19.8. The van der Waals surface area contributed by atoms with Crippen LogP contribution in [0.15, 0.2) is 83.3 Å². The van der Waals surface area contributed by atoms with Gasteiger partial charge in [-0.25, -0.2) is 0 Å². The fourth-order valence-electron chi connectivity index (χ4n) is 4.40. The molecular weight excluding hydrogens is 567 g/mol. The first-order chi connectivity index (χ1) is 20.1. The maximum atomic E-state index is 13.2.